The largest absolute Gasteiger partial charge is 0.278 e. The fraction of sp³-hybridized carbons (Fsp3) is 0.545. The predicted molar refractivity (Wildman–Crippen MR) is 80.1 cm³/mol. The van der Waals surface area contributed by atoms with Gasteiger partial charge < -0.3 is 0 Å². The highest BCUT2D eigenvalue weighted by molar-refractivity contribution is 7.88. The lowest BCUT2D eigenvalue weighted by Crippen LogP contribution is -2.41. The first kappa shape index (κ1) is 18.0. The van der Waals surface area contributed by atoms with Gasteiger partial charge in [0.15, 0.2) is 0 Å². The van der Waals surface area contributed by atoms with Gasteiger partial charge in [0.2, 0.25) is 10.0 Å². The maximum absolute atomic E-state index is 11.7. The fourth-order valence-corrected chi connectivity index (χ4v) is 2.86. The summed E-state index contributed by atoms with van der Waals surface area (Å²) in [5.74, 6) is 0. The lowest BCUT2D eigenvalue weighted by Gasteiger charge is -2.20. The first-order valence-corrected chi connectivity index (χ1v) is 9.44. The molecule has 0 aromatic carbocycles. The molecule has 1 aromatic rings. The molecule has 0 radical (unpaired) electrons. The molecule has 1 rings (SSSR count). The Morgan fingerprint density at radius 1 is 1.19 bits per heavy atom. The van der Waals surface area contributed by atoms with Gasteiger partial charge >= 0.3 is 0 Å². The van der Waals surface area contributed by atoms with E-state index in [0.717, 1.165) is 10.6 Å². The maximum Gasteiger partial charge on any atom is 0.278 e. The van der Waals surface area contributed by atoms with Crippen LogP contribution in [0.5, 0.6) is 0 Å². The maximum atomic E-state index is 11.7. The molecule has 1 N–H and O–H groups in total. The van der Waals surface area contributed by atoms with Gasteiger partial charge in [0, 0.05) is 33.4 Å². The normalized spacial score (nSPS) is 13.0. The molecule has 0 atom stereocenters. The number of nitrogens with zero attached hydrogens (tertiary/aromatic N) is 3. The summed E-state index contributed by atoms with van der Waals surface area (Å²) in [6, 6.07) is 5.21. The van der Waals surface area contributed by atoms with Crippen LogP contribution in [0.15, 0.2) is 24.4 Å². The van der Waals surface area contributed by atoms with Gasteiger partial charge in [0.05, 0.1) is 18.5 Å². The number of nitrogens with one attached hydrogen (secondary N) is 1. The van der Waals surface area contributed by atoms with Gasteiger partial charge in [-0.1, -0.05) is 6.07 Å². The van der Waals surface area contributed by atoms with Crippen molar-refractivity contribution in [3.8, 4) is 0 Å². The number of rotatable bonds is 8. The summed E-state index contributed by atoms with van der Waals surface area (Å²) in [6.45, 7) is 0.117. The molecule has 8 nitrogen and oxygen atoms in total. The number of hydrogen-bond acceptors (Lipinski definition) is 5. The van der Waals surface area contributed by atoms with Crippen molar-refractivity contribution in [3.05, 3.63) is 30.1 Å². The quantitative estimate of drug-likeness (QED) is 0.673. The summed E-state index contributed by atoms with van der Waals surface area (Å²) in [4.78, 5) is 4.06. The monoisotopic (exact) mass is 336 g/mol. The molecular weight excluding hydrogens is 316 g/mol. The lowest BCUT2D eigenvalue weighted by atomic mass is 10.3. The molecule has 1 heterocycles. The number of pyridine rings is 1. The van der Waals surface area contributed by atoms with Crippen LogP contribution in [0.4, 0.5) is 0 Å². The van der Waals surface area contributed by atoms with Crippen molar-refractivity contribution < 1.29 is 16.8 Å². The van der Waals surface area contributed by atoms with Crippen LogP contribution >= 0.6 is 0 Å². The zero-order valence-corrected chi connectivity index (χ0v) is 13.9. The molecule has 10 heteroatoms. The van der Waals surface area contributed by atoms with Crippen LogP contribution in [0.25, 0.3) is 0 Å². The minimum atomic E-state index is -3.57. The van der Waals surface area contributed by atoms with Crippen LogP contribution < -0.4 is 4.72 Å². The van der Waals surface area contributed by atoms with Gasteiger partial charge in [-0.3, -0.25) is 4.98 Å². The first-order valence-electron chi connectivity index (χ1n) is 6.15. The van der Waals surface area contributed by atoms with E-state index in [4.69, 9.17) is 0 Å². The second-order valence-electron chi connectivity index (χ2n) is 4.60. The van der Waals surface area contributed by atoms with E-state index in [2.05, 4.69) is 9.71 Å². The second-order valence-corrected chi connectivity index (χ2v) is 8.55. The molecule has 0 aliphatic carbocycles. The van der Waals surface area contributed by atoms with Crippen molar-refractivity contribution in [1.29, 1.82) is 0 Å². The summed E-state index contributed by atoms with van der Waals surface area (Å²) in [5.41, 5.74) is 0.596. The standard InChI is InChI=1S/C11H20N4O4S2/c1-14(2)21(18,19)13-8-9-15(20(3,16)17)10-11-6-4-5-7-12-11/h4-7,13H,8-10H2,1-3H3. The minimum absolute atomic E-state index is 0.0135. The number of aromatic nitrogens is 1. The van der Waals surface area contributed by atoms with Crippen molar-refractivity contribution >= 4 is 20.2 Å². The van der Waals surface area contributed by atoms with E-state index >= 15 is 0 Å². The summed E-state index contributed by atoms with van der Waals surface area (Å²) in [5, 5.41) is 0. The Balaban J connectivity index is 2.69. The Hall–Kier alpha value is -1.07. The summed E-state index contributed by atoms with van der Waals surface area (Å²) < 4.78 is 51.1. The van der Waals surface area contributed by atoms with Crippen LogP contribution in [0.3, 0.4) is 0 Å². The topological polar surface area (TPSA) is 99.7 Å². The highest BCUT2D eigenvalue weighted by Crippen LogP contribution is 2.05. The Bertz CT molecular complexity index is 644. The van der Waals surface area contributed by atoms with Gasteiger partial charge in [0.1, 0.15) is 0 Å². The molecule has 0 saturated carbocycles. The zero-order chi connectivity index (χ0) is 16.1. The molecule has 0 fully saturated rings. The lowest BCUT2D eigenvalue weighted by molar-refractivity contribution is 0.405. The van der Waals surface area contributed by atoms with E-state index in [9.17, 15) is 16.8 Å². The average Bonchev–Trinajstić information content (AvgIpc) is 2.37. The summed E-state index contributed by atoms with van der Waals surface area (Å²) >= 11 is 0. The van der Waals surface area contributed by atoms with Crippen LogP contribution in [-0.2, 0) is 26.8 Å². The van der Waals surface area contributed by atoms with E-state index in [0.29, 0.717) is 5.69 Å². The van der Waals surface area contributed by atoms with Gasteiger partial charge in [-0.2, -0.15) is 17.0 Å². The van der Waals surface area contributed by atoms with Gasteiger partial charge in [-0.25, -0.2) is 13.1 Å². The predicted octanol–water partition coefficient (Wildman–Crippen LogP) is -0.761. The molecule has 0 spiro atoms. The van der Waals surface area contributed by atoms with E-state index in [1.807, 2.05) is 0 Å². The highest BCUT2D eigenvalue weighted by Gasteiger charge is 2.19. The highest BCUT2D eigenvalue weighted by atomic mass is 32.2. The minimum Gasteiger partial charge on any atom is -0.260 e. The Kier molecular flexibility index (Phi) is 6.23. The van der Waals surface area contributed by atoms with Gasteiger partial charge in [-0.15, -0.1) is 0 Å². The molecule has 1 aromatic heterocycles. The van der Waals surface area contributed by atoms with Crippen LogP contribution in [0.1, 0.15) is 5.69 Å². The second kappa shape index (κ2) is 7.27. The smallest absolute Gasteiger partial charge is 0.260 e. The van der Waals surface area contributed by atoms with E-state index in [1.165, 1.54) is 18.4 Å². The van der Waals surface area contributed by atoms with Crippen molar-refractivity contribution in [1.82, 2.24) is 18.3 Å². The fourth-order valence-electron chi connectivity index (χ4n) is 1.46. The summed E-state index contributed by atoms with van der Waals surface area (Å²) in [7, 11) is -4.24. The molecule has 21 heavy (non-hydrogen) atoms. The number of hydrogen-bond donors (Lipinski definition) is 1. The van der Waals surface area contributed by atoms with Crippen molar-refractivity contribution in [2.75, 3.05) is 33.4 Å². The zero-order valence-electron chi connectivity index (χ0n) is 12.2. The van der Waals surface area contributed by atoms with Crippen molar-refractivity contribution in [3.63, 3.8) is 0 Å². The Morgan fingerprint density at radius 2 is 1.86 bits per heavy atom. The molecular formula is C11H20N4O4S2. The third-order valence-electron chi connectivity index (χ3n) is 2.66. The van der Waals surface area contributed by atoms with Crippen LogP contribution in [-0.4, -0.2) is 63.9 Å². The number of sulfonamides is 1. The van der Waals surface area contributed by atoms with Gasteiger partial charge in [-0.05, 0) is 12.1 Å². The Labute approximate surface area is 126 Å². The van der Waals surface area contributed by atoms with Crippen molar-refractivity contribution in [2.24, 2.45) is 0 Å². The molecule has 0 amide bonds. The first-order chi connectivity index (χ1) is 9.63. The molecule has 0 aliphatic rings. The van der Waals surface area contributed by atoms with Crippen LogP contribution in [0, 0.1) is 0 Å². The summed E-state index contributed by atoms with van der Waals surface area (Å²) in [6.07, 6.45) is 2.65. The average molecular weight is 336 g/mol. The molecule has 0 saturated heterocycles. The molecule has 120 valence electrons. The molecule has 0 unspecified atom stereocenters. The van der Waals surface area contributed by atoms with Crippen LogP contribution in [0.2, 0.25) is 0 Å². The molecule has 0 aliphatic heterocycles. The van der Waals surface area contributed by atoms with Gasteiger partial charge in [0.25, 0.3) is 10.2 Å². The third-order valence-corrected chi connectivity index (χ3v) is 5.44. The van der Waals surface area contributed by atoms with Crippen molar-refractivity contribution in [2.45, 2.75) is 6.54 Å². The van der Waals surface area contributed by atoms with E-state index < -0.39 is 20.2 Å². The van der Waals surface area contributed by atoms with E-state index in [1.54, 1.807) is 24.4 Å². The Morgan fingerprint density at radius 3 is 2.33 bits per heavy atom. The SMILES string of the molecule is CN(C)S(=O)(=O)NCCN(Cc1ccccn1)S(C)(=O)=O. The van der Waals surface area contributed by atoms with E-state index in [-0.39, 0.29) is 19.6 Å². The third kappa shape index (κ3) is 6.06. The molecule has 0 bridgehead atoms.